The van der Waals surface area contributed by atoms with E-state index in [0.29, 0.717) is 25.2 Å². The number of esters is 1. The molecule has 0 bridgehead atoms. The quantitative estimate of drug-likeness (QED) is 0.0419. The zero-order valence-electron chi connectivity index (χ0n) is 55.6. The summed E-state index contributed by atoms with van der Waals surface area (Å²) in [4.78, 5) is 88.9. The molecule has 7 N–H and O–H groups in total. The molecule has 96 heavy (non-hydrogen) atoms. The van der Waals surface area contributed by atoms with Crippen molar-refractivity contribution < 1.29 is 38.5 Å². The molecule has 2 amide bonds. The van der Waals surface area contributed by atoms with E-state index in [4.69, 9.17) is 29.2 Å². The number of likely N-dealkylation sites (tertiary alicyclic amines) is 2. The molecule has 21 nitrogen and oxygen atoms in total. The van der Waals surface area contributed by atoms with Gasteiger partial charge in [-0.3, -0.25) is 19.2 Å². The van der Waals surface area contributed by atoms with Crippen molar-refractivity contribution in [1.29, 1.82) is 0 Å². The molecule has 4 aromatic heterocycles. The highest BCUT2D eigenvalue weighted by molar-refractivity contribution is 5.90. The van der Waals surface area contributed by atoms with Crippen molar-refractivity contribution >= 4 is 46.3 Å². The number of H-pyrrole nitrogens is 4. The van der Waals surface area contributed by atoms with E-state index in [1.54, 1.807) is 0 Å². The monoisotopic (exact) mass is 1300 g/mol. The minimum Gasteiger partial charge on any atom is -0.469 e. The lowest BCUT2D eigenvalue weighted by molar-refractivity contribution is -0.148. The van der Waals surface area contributed by atoms with E-state index < -0.39 is 18.4 Å². The van der Waals surface area contributed by atoms with E-state index in [1.807, 2.05) is 62.2 Å². The summed E-state index contributed by atoms with van der Waals surface area (Å²) >= 11 is 0. The molecule has 4 fully saturated rings. The molecule has 4 saturated heterocycles. The van der Waals surface area contributed by atoms with Crippen molar-refractivity contribution in [3.05, 3.63) is 126 Å². The largest absolute Gasteiger partial charge is 0.469 e. The summed E-state index contributed by atoms with van der Waals surface area (Å²) in [6.45, 7) is 12.5. The molecule has 0 spiro atoms. The number of hydrogen-bond acceptors (Lipinski definition) is 15. The number of rotatable bonds is 17. The maximum atomic E-state index is 13.8. The minimum atomic E-state index is -0.561. The first-order chi connectivity index (χ1) is 46.7. The van der Waals surface area contributed by atoms with Gasteiger partial charge in [-0.2, -0.15) is 0 Å². The number of ether oxygens (including phenoxy) is 3. The standard InChI is InChI=1S/C45H55N7O7.C30H32N6O/c1-25(2)31(20-30(54)24-53)44(56)51-15-7-11-37(51)43-47-23-34(49-43)29-17-28-9-6-14-50-35-13-12-27(18-38(35)59-39(19-29)41(28)50)33-22-46-42(48-33)36-10-8-16-52(36)45(57)32(26(3)4)21-40(55)58-5;1-5-22(31-11-1)23-9-8-21(34-23)18-7-10-26-27(15-18)37-28-16-20(14-19-4-3-13-36(26)29(19)28)25-17-33-30(35-25)24-6-2-12-32-24/h12-13,17-19,22-23,25-26,31-32,36-37,53H,6-11,14-16,20-21,24H2,1-5H3,(H,46,48)(H,47,49);7-10,14-17,22,24,31-32,34H,1-6,11-13H2,(H,33,35)/t31-,32-,36-,37-;22-,24-/m00/s1. The average molecular weight is 1300 g/mol. The van der Waals surface area contributed by atoms with Crippen molar-refractivity contribution in [3.63, 3.8) is 0 Å². The molecular formula is C75H87N13O8. The first-order valence-corrected chi connectivity index (χ1v) is 34.9. The van der Waals surface area contributed by atoms with Crippen LogP contribution in [0.4, 0.5) is 22.7 Å². The molecule has 21 heteroatoms. The molecule has 0 radical (unpaired) electrons. The maximum absolute atomic E-state index is 13.8. The van der Waals surface area contributed by atoms with Crippen LogP contribution in [0.3, 0.4) is 0 Å². The van der Waals surface area contributed by atoms with Crippen molar-refractivity contribution in [3.8, 4) is 68.0 Å². The van der Waals surface area contributed by atoms with Crippen molar-refractivity contribution in [2.75, 3.05) is 62.8 Å². The van der Waals surface area contributed by atoms with Gasteiger partial charge in [0, 0.05) is 78.2 Å². The number of aryl methyl sites for hydroxylation is 2. The van der Waals surface area contributed by atoms with Crippen LogP contribution in [-0.2, 0) is 36.8 Å². The molecule has 0 saturated carbocycles. The number of imidazole rings is 3. The number of fused-ring (bicyclic) bond motifs is 4. The number of benzene rings is 4. The Morgan fingerprint density at radius 2 is 1.02 bits per heavy atom. The van der Waals surface area contributed by atoms with Gasteiger partial charge in [-0.25, -0.2) is 15.0 Å². The van der Waals surface area contributed by atoms with Crippen LogP contribution in [0.15, 0.2) is 91.4 Å². The molecule has 8 aliphatic heterocycles. The number of nitrogens with zero attached hydrogens (tertiary/aromatic N) is 7. The highest BCUT2D eigenvalue weighted by Gasteiger charge is 2.41. The van der Waals surface area contributed by atoms with E-state index >= 15 is 0 Å². The van der Waals surface area contributed by atoms with E-state index in [9.17, 15) is 24.3 Å². The van der Waals surface area contributed by atoms with Gasteiger partial charge in [-0.1, -0.05) is 39.8 Å². The van der Waals surface area contributed by atoms with Crippen molar-refractivity contribution in [2.24, 2.45) is 23.7 Å². The van der Waals surface area contributed by atoms with Crippen LogP contribution in [0.2, 0.25) is 0 Å². The Labute approximate surface area is 559 Å². The zero-order chi connectivity index (χ0) is 65.9. The molecule has 500 valence electrons. The number of Topliss-reactive ketones (excluding diaryl/α,β-unsaturated/α-hetero) is 1. The van der Waals surface area contributed by atoms with Crippen LogP contribution in [0, 0.1) is 23.7 Å². The van der Waals surface area contributed by atoms with Crippen molar-refractivity contribution in [1.82, 2.24) is 55.3 Å². The SMILES string of the molecule is COC(=O)C[C@H](C(=O)N1CCC[C@H]1c1ncc(-c2ccc3c(c2)Oc2cc(-c4cnc([C@@H]5CCCN5C(=O)[C@@H](CC(=O)CO)C(C)C)[nH]4)cc4c2N3CCC4)[nH]1)C(C)C.c1cc2c(cc1-c1ccc([C@@H]3CCCN3)[nH]1)Oc1cc(-c3cnc([C@@H]4CCCN4)[nH]3)cc3c1N2CCC3. The molecule has 8 aromatic rings. The molecule has 0 aliphatic carbocycles. The topological polar surface area (TPSA) is 255 Å². The van der Waals surface area contributed by atoms with Gasteiger partial charge in [0.25, 0.3) is 0 Å². The molecule has 16 rings (SSSR count). The van der Waals surface area contributed by atoms with E-state index in [1.165, 1.54) is 48.9 Å². The smallest absolute Gasteiger partial charge is 0.306 e. The highest BCUT2D eigenvalue weighted by atomic mass is 16.5. The average Bonchev–Trinajstić information content (AvgIpc) is 1.47. The van der Waals surface area contributed by atoms with Gasteiger partial charge >= 0.3 is 5.97 Å². The predicted molar refractivity (Wildman–Crippen MR) is 366 cm³/mol. The van der Waals surface area contributed by atoms with Gasteiger partial charge in [-0.15, -0.1) is 0 Å². The Kier molecular flexibility index (Phi) is 17.4. The van der Waals surface area contributed by atoms with E-state index in [-0.39, 0.29) is 60.3 Å². The summed E-state index contributed by atoms with van der Waals surface area (Å²) in [5.74, 6) is 4.02. The summed E-state index contributed by atoms with van der Waals surface area (Å²) in [5, 5.41) is 16.5. The lowest BCUT2D eigenvalue weighted by Crippen LogP contribution is -2.39. The lowest BCUT2D eigenvalue weighted by Gasteiger charge is -2.37. The number of carbonyl (C=O) groups is 4. The van der Waals surface area contributed by atoms with Crippen LogP contribution >= 0.6 is 0 Å². The number of ketones is 1. The van der Waals surface area contributed by atoms with Crippen LogP contribution in [0.1, 0.15) is 163 Å². The van der Waals surface area contributed by atoms with Crippen LogP contribution in [0.25, 0.3) is 45.0 Å². The van der Waals surface area contributed by atoms with Gasteiger partial charge < -0.3 is 69.5 Å². The summed E-state index contributed by atoms with van der Waals surface area (Å²) < 4.78 is 18.3. The Morgan fingerprint density at radius 3 is 1.53 bits per heavy atom. The molecular weight excluding hydrogens is 1210 g/mol. The number of methoxy groups -OCH3 is 1. The lowest BCUT2D eigenvalue weighted by atomic mass is 9.89. The van der Waals surface area contributed by atoms with Crippen LogP contribution in [-0.4, -0.2) is 126 Å². The Bertz CT molecular complexity index is 4240. The number of aromatic nitrogens is 7. The summed E-state index contributed by atoms with van der Waals surface area (Å²) in [7, 11) is 1.35. The highest BCUT2D eigenvalue weighted by Crippen LogP contribution is 2.55. The molecule has 8 aliphatic rings. The second-order valence-corrected chi connectivity index (χ2v) is 28.0. The Morgan fingerprint density at radius 1 is 0.531 bits per heavy atom. The number of aliphatic hydroxyl groups excluding tert-OH is 1. The Balaban J connectivity index is 0.000000174. The second-order valence-electron chi connectivity index (χ2n) is 28.0. The zero-order valence-corrected chi connectivity index (χ0v) is 55.6. The molecule has 0 unspecified atom stereocenters. The fourth-order valence-corrected chi connectivity index (χ4v) is 16.0. The number of anilines is 4. The fourth-order valence-electron chi connectivity index (χ4n) is 16.0. The first-order valence-electron chi connectivity index (χ1n) is 34.9. The predicted octanol–water partition coefficient (Wildman–Crippen LogP) is 13.2. The number of aliphatic hydroxyl groups is 1. The second kappa shape index (κ2) is 26.5. The van der Waals surface area contributed by atoms with Gasteiger partial charge in [0.05, 0.1) is 96.0 Å². The molecule has 6 atom stereocenters. The number of nitrogens with one attached hydrogen (secondary N) is 6. The third-order valence-electron chi connectivity index (χ3n) is 21.2. The van der Waals surface area contributed by atoms with Gasteiger partial charge in [0.15, 0.2) is 28.8 Å². The Hall–Kier alpha value is -9.05. The number of hydrogen-bond donors (Lipinski definition) is 7. The third-order valence-corrected chi connectivity index (χ3v) is 21.2. The van der Waals surface area contributed by atoms with E-state index in [2.05, 4.69) is 107 Å². The van der Waals surface area contributed by atoms with Crippen LogP contribution < -0.4 is 29.9 Å². The van der Waals surface area contributed by atoms with Crippen molar-refractivity contribution in [2.45, 2.75) is 142 Å². The minimum absolute atomic E-state index is 0.0132. The number of carbonyl (C=O) groups excluding carboxylic acids is 4. The normalized spacial score (nSPS) is 20.5. The van der Waals surface area contributed by atoms with Gasteiger partial charge in [0.1, 0.15) is 24.1 Å². The van der Waals surface area contributed by atoms with E-state index in [0.717, 1.165) is 187 Å². The summed E-state index contributed by atoms with van der Waals surface area (Å²) in [5.41, 5.74) is 16.3. The first kappa shape index (κ1) is 63.0. The maximum Gasteiger partial charge on any atom is 0.306 e. The molecule has 4 aromatic carbocycles. The van der Waals surface area contributed by atoms with Crippen LogP contribution in [0.5, 0.6) is 23.0 Å². The number of aromatic amines is 4. The summed E-state index contributed by atoms with van der Waals surface area (Å²) in [6.07, 6.45) is 17.8. The van der Waals surface area contributed by atoms with Gasteiger partial charge in [-0.05, 0) is 174 Å². The molecule has 12 heterocycles. The number of amides is 2. The third kappa shape index (κ3) is 12.0. The summed E-state index contributed by atoms with van der Waals surface area (Å²) in [6, 6.07) is 26.4. The van der Waals surface area contributed by atoms with Gasteiger partial charge in [0.2, 0.25) is 11.8 Å². The fraction of sp³-hybridized carbons (Fsp3) is 0.453.